The van der Waals surface area contributed by atoms with Crippen LogP contribution in [0.1, 0.15) is 51.4 Å². The van der Waals surface area contributed by atoms with Crippen LogP contribution in [-0.2, 0) is 19.1 Å². The summed E-state index contributed by atoms with van der Waals surface area (Å²) in [7, 11) is 0. The molecule has 0 spiro atoms. The fourth-order valence-electron chi connectivity index (χ4n) is 3.83. The number of aliphatic carboxylic acids is 1. The van der Waals surface area contributed by atoms with Gasteiger partial charge in [-0.25, -0.2) is 4.79 Å². The van der Waals surface area contributed by atoms with E-state index in [0.29, 0.717) is 19.4 Å². The first-order valence-electron chi connectivity index (χ1n) is 8.45. The molecule has 6 heteroatoms. The summed E-state index contributed by atoms with van der Waals surface area (Å²) in [6, 6.07) is 0.268. The first-order chi connectivity index (χ1) is 10.6. The van der Waals surface area contributed by atoms with Crippen molar-refractivity contribution in [2.45, 2.75) is 75.7 Å². The molecule has 0 aromatic carbocycles. The fourth-order valence-corrected chi connectivity index (χ4v) is 3.83. The molecule has 124 valence electrons. The van der Waals surface area contributed by atoms with Gasteiger partial charge in [0.15, 0.2) is 6.10 Å². The van der Waals surface area contributed by atoms with Crippen LogP contribution in [0.3, 0.4) is 0 Å². The molecule has 3 rings (SSSR count). The van der Waals surface area contributed by atoms with E-state index in [9.17, 15) is 9.59 Å². The van der Waals surface area contributed by atoms with Crippen LogP contribution >= 0.6 is 0 Å². The summed E-state index contributed by atoms with van der Waals surface area (Å²) in [5, 5.41) is 9.02. The SMILES string of the molecule is O=C(O)[C@H]1CC[C@@H](C(=O)N(CC2CCCO2)C2CCCC2)O1. The van der Waals surface area contributed by atoms with Gasteiger partial charge in [0.2, 0.25) is 0 Å². The summed E-state index contributed by atoms with van der Waals surface area (Å²) in [4.78, 5) is 25.8. The number of carboxylic acid groups (broad SMARTS) is 1. The van der Waals surface area contributed by atoms with E-state index in [1.165, 1.54) is 0 Å². The Morgan fingerprint density at radius 3 is 2.32 bits per heavy atom. The van der Waals surface area contributed by atoms with Gasteiger partial charge >= 0.3 is 5.97 Å². The summed E-state index contributed by atoms with van der Waals surface area (Å²) >= 11 is 0. The highest BCUT2D eigenvalue weighted by Gasteiger charge is 2.40. The van der Waals surface area contributed by atoms with E-state index in [0.717, 1.165) is 45.1 Å². The Labute approximate surface area is 130 Å². The molecule has 2 saturated heterocycles. The van der Waals surface area contributed by atoms with Gasteiger partial charge in [0.25, 0.3) is 5.91 Å². The van der Waals surface area contributed by atoms with Crippen LogP contribution < -0.4 is 0 Å². The van der Waals surface area contributed by atoms with E-state index in [2.05, 4.69) is 0 Å². The molecule has 6 nitrogen and oxygen atoms in total. The highest BCUT2D eigenvalue weighted by atomic mass is 16.5. The number of nitrogens with zero attached hydrogens (tertiary/aromatic N) is 1. The smallest absolute Gasteiger partial charge is 0.332 e. The molecule has 2 heterocycles. The highest BCUT2D eigenvalue weighted by molar-refractivity contribution is 5.83. The molecular weight excluding hydrogens is 286 g/mol. The van der Waals surface area contributed by atoms with Gasteiger partial charge in [-0.15, -0.1) is 0 Å². The predicted molar refractivity (Wildman–Crippen MR) is 78.5 cm³/mol. The van der Waals surface area contributed by atoms with Crippen molar-refractivity contribution in [1.82, 2.24) is 4.90 Å². The van der Waals surface area contributed by atoms with Crippen LogP contribution in [0.2, 0.25) is 0 Å². The molecule has 0 aromatic rings. The lowest BCUT2D eigenvalue weighted by Crippen LogP contribution is -2.48. The van der Waals surface area contributed by atoms with Crippen molar-refractivity contribution in [2.75, 3.05) is 13.2 Å². The number of hydrogen-bond donors (Lipinski definition) is 1. The number of ether oxygens (including phenoxy) is 2. The molecular formula is C16H25NO5. The highest BCUT2D eigenvalue weighted by Crippen LogP contribution is 2.29. The van der Waals surface area contributed by atoms with Crippen LogP contribution in [-0.4, -0.2) is 59.4 Å². The Morgan fingerprint density at radius 1 is 1.00 bits per heavy atom. The zero-order valence-electron chi connectivity index (χ0n) is 12.9. The Bertz CT molecular complexity index is 415. The van der Waals surface area contributed by atoms with Crippen molar-refractivity contribution >= 4 is 11.9 Å². The minimum atomic E-state index is -0.971. The molecule has 0 radical (unpaired) electrons. The molecule has 1 saturated carbocycles. The van der Waals surface area contributed by atoms with Gasteiger partial charge in [-0.05, 0) is 38.5 Å². The molecule has 1 aliphatic carbocycles. The van der Waals surface area contributed by atoms with E-state index in [-0.39, 0.29) is 18.1 Å². The second kappa shape index (κ2) is 6.96. The third-order valence-corrected chi connectivity index (χ3v) is 5.04. The first-order valence-corrected chi connectivity index (χ1v) is 8.45. The van der Waals surface area contributed by atoms with Crippen LogP contribution in [0.5, 0.6) is 0 Å². The molecule has 2 aliphatic heterocycles. The molecule has 22 heavy (non-hydrogen) atoms. The Balaban J connectivity index is 1.64. The molecule has 1 N–H and O–H groups in total. The minimum absolute atomic E-state index is 0.0360. The lowest BCUT2D eigenvalue weighted by Gasteiger charge is -2.33. The maximum atomic E-state index is 12.8. The summed E-state index contributed by atoms with van der Waals surface area (Å²) in [6.07, 6.45) is 6.06. The van der Waals surface area contributed by atoms with Gasteiger partial charge < -0.3 is 19.5 Å². The molecule has 1 amide bonds. The first kappa shape index (κ1) is 15.7. The van der Waals surface area contributed by atoms with Crippen LogP contribution in [0.25, 0.3) is 0 Å². The fraction of sp³-hybridized carbons (Fsp3) is 0.875. The lowest BCUT2D eigenvalue weighted by molar-refractivity contribution is -0.156. The summed E-state index contributed by atoms with van der Waals surface area (Å²) in [5.41, 5.74) is 0. The van der Waals surface area contributed by atoms with Gasteiger partial charge in [0.1, 0.15) is 6.10 Å². The third kappa shape index (κ3) is 3.43. The topological polar surface area (TPSA) is 76.1 Å². The minimum Gasteiger partial charge on any atom is -0.479 e. The molecule has 3 fully saturated rings. The van der Waals surface area contributed by atoms with E-state index >= 15 is 0 Å². The van der Waals surface area contributed by atoms with E-state index in [1.54, 1.807) is 0 Å². The van der Waals surface area contributed by atoms with Gasteiger partial charge in [-0.2, -0.15) is 0 Å². The second-order valence-corrected chi connectivity index (χ2v) is 6.59. The number of rotatable bonds is 5. The average molecular weight is 311 g/mol. The summed E-state index contributed by atoms with van der Waals surface area (Å²) in [5.74, 6) is -1.01. The second-order valence-electron chi connectivity index (χ2n) is 6.59. The largest absolute Gasteiger partial charge is 0.479 e. The van der Waals surface area contributed by atoms with Crippen molar-refractivity contribution in [2.24, 2.45) is 0 Å². The normalized spacial score (nSPS) is 32.5. The van der Waals surface area contributed by atoms with E-state index < -0.39 is 18.2 Å². The van der Waals surface area contributed by atoms with Gasteiger partial charge in [-0.1, -0.05) is 12.8 Å². The van der Waals surface area contributed by atoms with Gasteiger partial charge in [0, 0.05) is 19.2 Å². The zero-order chi connectivity index (χ0) is 15.5. The Kier molecular flexibility index (Phi) is 4.98. The van der Waals surface area contributed by atoms with Crippen molar-refractivity contribution in [3.05, 3.63) is 0 Å². The van der Waals surface area contributed by atoms with E-state index in [4.69, 9.17) is 14.6 Å². The standard InChI is InChI=1S/C16H25NO5/c18-15(13-7-8-14(22-13)16(19)20)17(11-4-1-2-5-11)10-12-6-3-9-21-12/h11-14H,1-10H2,(H,19,20)/t12?,13-,14+/m0/s1. The maximum Gasteiger partial charge on any atom is 0.332 e. The van der Waals surface area contributed by atoms with Crippen molar-refractivity contribution in [1.29, 1.82) is 0 Å². The molecule has 0 aromatic heterocycles. The van der Waals surface area contributed by atoms with Crippen molar-refractivity contribution < 1.29 is 24.2 Å². The lowest BCUT2D eigenvalue weighted by atomic mass is 10.1. The predicted octanol–water partition coefficient (Wildman–Crippen LogP) is 1.57. The molecule has 3 atom stereocenters. The summed E-state index contributed by atoms with van der Waals surface area (Å²) < 4.78 is 11.1. The number of carboxylic acids is 1. The average Bonchev–Trinajstić information content (AvgIpc) is 3.24. The van der Waals surface area contributed by atoms with Crippen molar-refractivity contribution in [3.63, 3.8) is 0 Å². The number of hydrogen-bond acceptors (Lipinski definition) is 4. The number of amides is 1. The van der Waals surface area contributed by atoms with E-state index in [1.807, 2.05) is 4.90 Å². The zero-order valence-corrected chi connectivity index (χ0v) is 12.9. The molecule has 3 aliphatic rings. The number of carbonyl (C=O) groups excluding carboxylic acids is 1. The molecule has 0 bridgehead atoms. The monoisotopic (exact) mass is 311 g/mol. The Morgan fingerprint density at radius 2 is 1.73 bits per heavy atom. The van der Waals surface area contributed by atoms with Gasteiger partial charge in [-0.3, -0.25) is 4.79 Å². The van der Waals surface area contributed by atoms with Crippen LogP contribution in [0.15, 0.2) is 0 Å². The van der Waals surface area contributed by atoms with Crippen LogP contribution in [0.4, 0.5) is 0 Å². The van der Waals surface area contributed by atoms with Crippen LogP contribution in [0, 0.1) is 0 Å². The third-order valence-electron chi connectivity index (χ3n) is 5.04. The van der Waals surface area contributed by atoms with Gasteiger partial charge in [0.05, 0.1) is 6.10 Å². The van der Waals surface area contributed by atoms with Crippen molar-refractivity contribution in [3.8, 4) is 0 Å². The summed E-state index contributed by atoms with van der Waals surface area (Å²) in [6.45, 7) is 1.40. The Hall–Kier alpha value is -1.14. The number of carbonyl (C=O) groups is 2. The molecule has 1 unspecified atom stereocenters. The maximum absolute atomic E-state index is 12.8. The quantitative estimate of drug-likeness (QED) is 0.834.